The van der Waals surface area contributed by atoms with E-state index in [4.69, 9.17) is 16.0 Å². The maximum absolute atomic E-state index is 13.2. The van der Waals surface area contributed by atoms with Crippen LogP contribution < -0.4 is 5.32 Å². The number of aromatic nitrogens is 1. The van der Waals surface area contributed by atoms with E-state index in [0.29, 0.717) is 17.0 Å². The molecule has 3 aromatic rings. The molecule has 0 bridgehead atoms. The molecule has 0 fully saturated rings. The second kappa shape index (κ2) is 4.55. The molecule has 0 aliphatic carbocycles. The Morgan fingerprint density at radius 2 is 1.95 bits per heavy atom. The van der Waals surface area contributed by atoms with Crippen LogP contribution in [0.4, 0.5) is 10.1 Å². The lowest BCUT2D eigenvalue weighted by Crippen LogP contribution is -1.86. The summed E-state index contributed by atoms with van der Waals surface area (Å²) >= 11 is 5.93. The molecule has 0 unspecified atom stereocenters. The highest BCUT2D eigenvalue weighted by molar-refractivity contribution is 6.34. The largest absolute Gasteiger partial charge is 0.435 e. The Labute approximate surface area is 114 Å². The van der Waals surface area contributed by atoms with Crippen LogP contribution in [0.15, 0.2) is 40.8 Å². The van der Waals surface area contributed by atoms with Crippen LogP contribution in [-0.4, -0.2) is 12.0 Å². The highest BCUT2D eigenvalue weighted by atomic mass is 35.5. The summed E-state index contributed by atoms with van der Waals surface area (Å²) in [6.45, 7) is 0. The van der Waals surface area contributed by atoms with Crippen molar-refractivity contribution >= 4 is 28.4 Å². The Morgan fingerprint density at radius 3 is 2.63 bits per heavy atom. The molecule has 1 heterocycles. The van der Waals surface area contributed by atoms with Crippen LogP contribution in [0.5, 0.6) is 0 Å². The molecule has 0 saturated heterocycles. The first-order chi connectivity index (χ1) is 9.17. The van der Waals surface area contributed by atoms with Gasteiger partial charge in [0.1, 0.15) is 11.3 Å². The number of halogens is 2. The number of benzene rings is 2. The Kier molecular flexibility index (Phi) is 2.87. The smallest absolute Gasteiger partial charge is 0.227 e. The van der Waals surface area contributed by atoms with Gasteiger partial charge in [0.05, 0.1) is 5.02 Å². The highest BCUT2D eigenvalue weighted by Crippen LogP contribution is 2.30. The van der Waals surface area contributed by atoms with Crippen molar-refractivity contribution in [3.8, 4) is 11.5 Å². The van der Waals surface area contributed by atoms with E-state index in [2.05, 4.69) is 10.3 Å². The maximum atomic E-state index is 13.2. The predicted molar refractivity (Wildman–Crippen MR) is 74.0 cm³/mol. The molecule has 0 spiro atoms. The zero-order valence-electron chi connectivity index (χ0n) is 10.1. The SMILES string of the molecule is CNc1ccc(-c2nc3cc(F)cc(Cl)c3o2)cc1. The molecule has 19 heavy (non-hydrogen) atoms. The Morgan fingerprint density at radius 1 is 1.21 bits per heavy atom. The van der Waals surface area contributed by atoms with Crippen molar-refractivity contribution in [1.29, 1.82) is 0 Å². The fourth-order valence-electron chi connectivity index (χ4n) is 1.86. The number of nitrogens with zero attached hydrogens (tertiary/aromatic N) is 1. The number of hydrogen-bond donors (Lipinski definition) is 1. The third-order valence-corrected chi connectivity index (χ3v) is 3.11. The highest BCUT2D eigenvalue weighted by Gasteiger charge is 2.12. The van der Waals surface area contributed by atoms with Crippen molar-refractivity contribution in [2.75, 3.05) is 12.4 Å². The van der Waals surface area contributed by atoms with E-state index in [9.17, 15) is 4.39 Å². The molecular formula is C14H10ClFN2O. The van der Waals surface area contributed by atoms with E-state index in [1.165, 1.54) is 12.1 Å². The van der Waals surface area contributed by atoms with Gasteiger partial charge in [-0.15, -0.1) is 0 Å². The molecule has 2 aromatic carbocycles. The Hall–Kier alpha value is -2.07. The molecule has 3 nitrogen and oxygen atoms in total. The van der Waals surface area contributed by atoms with Gasteiger partial charge in [-0.05, 0) is 30.3 Å². The lowest BCUT2D eigenvalue weighted by Gasteiger charge is -1.99. The number of oxazole rings is 1. The number of nitrogens with one attached hydrogen (secondary N) is 1. The average Bonchev–Trinajstić information content (AvgIpc) is 2.83. The first-order valence-electron chi connectivity index (χ1n) is 5.71. The van der Waals surface area contributed by atoms with Gasteiger partial charge >= 0.3 is 0 Å². The normalized spacial score (nSPS) is 10.9. The summed E-state index contributed by atoms with van der Waals surface area (Å²) < 4.78 is 18.8. The molecule has 0 saturated carbocycles. The fourth-order valence-corrected chi connectivity index (χ4v) is 2.10. The molecule has 0 aliphatic rings. The van der Waals surface area contributed by atoms with Crippen molar-refractivity contribution in [3.63, 3.8) is 0 Å². The van der Waals surface area contributed by atoms with Crippen molar-refractivity contribution in [2.24, 2.45) is 0 Å². The molecule has 0 amide bonds. The third kappa shape index (κ3) is 2.15. The number of anilines is 1. The quantitative estimate of drug-likeness (QED) is 0.757. The van der Waals surface area contributed by atoms with E-state index in [1.54, 1.807) is 0 Å². The monoisotopic (exact) mass is 276 g/mol. The zero-order valence-corrected chi connectivity index (χ0v) is 10.8. The van der Waals surface area contributed by atoms with Crippen LogP contribution in [0.3, 0.4) is 0 Å². The van der Waals surface area contributed by atoms with E-state index < -0.39 is 5.82 Å². The summed E-state index contributed by atoms with van der Waals surface area (Å²) in [5.74, 6) is -0.00645. The Balaban J connectivity index is 2.12. The standard InChI is InChI=1S/C14H10ClFN2O/c1-17-10-4-2-8(3-5-10)14-18-12-7-9(16)6-11(15)13(12)19-14/h2-7,17H,1H3. The van der Waals surface area contributed by atoms with Gasteiger partial charge in [-0.1, -0.05) is 11.6 Å². The van der Waals surface area contributed by atoms with Crippen molar-refractivity contribution in [3.05, 3.63) is 47.2 Å². The minimum atomic E-state index is -0.428. The lowest BCUT2D eigenvalue weighted by atomic mass is 10.2. The van der Waals surface area contributed by atoms with Crippen LogP contribution in [0, 0.1) is 5.82 Å². The summed E-state index contributed by atoms with van der Waals surface area (Å²) in [5, 5.41) is 3.25. The fraction of sp³-hybridized carbons (Fsp3) is 0.0714. The average molecular weight is 277 g/mol. The topological polar surface area (TPSA) is 38.1 Å². The van der Waals surface area contributed by atoms with Crippen LogP contribution >= 0.6 is 11.6 Å². The van der Waals surface area contributed by atoms with Crippen molar-refractivity contribution in [2.45, 2.75) is 0 Å². The van der Waals surface area contributed by atoms with E-state index in [0.717, 1.165) is 11.3 Å². The van der Waals surface area contributed by atoms with Gasteiger partial charge in [-0.2, -0.15) is 0 Å². The molecular weight excluding hydrogens is 267 g/mol. The summed E-state index contributed by atoms with van der Waals surface area (Å²) in [5.41, 5.74) is 2.61. The van der Waals surface area contributed by atoms with Crippen LogP contribution in [0.1, 0.15) is 0 Å². The van der Waals surface area contributed by atoms with Crippen LogP contribution in [0.2, 0.25) is 5.02 Å². The molecule has 1 N–H and O–H groups in total. The Bertz CT molecular complexity index is 737. The van der Waals surface area contributed by atoms with Gasteiger partial charge in [0, 0.05) is 24.4 Å². The number of hydrogen-bond acceptors (Lipinski definition) is 3. The minimum absolute atomic E-state index is 0.223. The van der Waals surface area contributed by atoms with Gasteiger partial charge < -0.3 is 9.73 Å². The first-order valence-corrected chi connectivity index (χ1v) is 6.09. The summed E-state index contributed by atoms with van der Waals surface area (Å²) in [7, 11) is 1.84. The van der Waals surface area contributed by atoms with Crippen LogP contribution in [-0.2, 0) is 0 Å². The maximum Gasteiger partial charge on any atom is 0.227 e. The summed E-state index contributed by atoms with van der Waals surface area (Å²) in [6, 6.07) is 10.1. The third-order valence-electron chi connectivity index (χ3n) is 2.83. The first kappa shape index (κ1) is 12.0. The molecule has 0 aliphatic heterocycles. The zero-order chi connectivity index (χ0) is 13.4. The molecule has 0 atom stereocenters. The summed E-state index contributed by atoms with van der Waals surface area (Å²) in [4.78, 5) is 4.25. The number of fused-ring (bicyclic) bond motifs is 1. The van der Waals surface area contributed by atoms with E-state index >= 15 is 0 Å². The van der Waals surface area contributed by atoms with E-state index in [1.807, 2.05) is 31.3 Å². The van der Waals surface area contributed by atoms with Gasteiger partial charge in [0.15, 0.2) is 5.58 Å². The summed E-state index contributed by atoms with van der Waals surface area (Å²) in [6.07, 6.45) is 0. The second-order valence-corrected chi connectivity index (χ2v) is 4.49. The molecule has 3 rings (SSSR count). The second-order valence-electron chi connectivity index (χ2n) is 4.08. The molecule has 0 radical (unpaired) electrons. The molecule has 1 aromatic heterocycles. The number of rotatable bonds is 2. The molecule has 96 valence electrons. The molecule has 5 heteroatoms. The van der Waals surface area contributed by atoms with Gasteiger partial charge in [-0.25, -0.2) is 9.37 Å². The predicted octanol–water partition coefficient (Wildman–Crippen LogP) is 4.33. The van der Waals surface area contributed by atoms with Crippen molar-refractivity contribution in [1.82, 2.24) is 4.98 Å². The lowest BCUT2D eigenvalue weighted by molar-refractivity contribution is 0.614. The van der Waals surface area contributed by atoms with Gasteiger partial charge in [0.25, 0.3) is 0 Å². The van der Waals surface area contributed by atoms with Crippen molar-refractivity contribution < 1.29 is 8.81 Å². The van der Waals surface area contributed by atoms with E-state index in [-0.39, 0.29) is 5.02 Å². The van der Waals surface area contributed by atoms with Gasteiger partial charge in [-0.3, -0.25) is 0 Å². The minimum Gasteiger partial charge on any atom is -0.435 e. The van der Waals surface area contributed by atoms with Crippen LogP contribution in [0.25, 0.3) is 22.6 Å². The van der Waals surface area contributed by atoms with Gasteiger partial charge in [0.2, 0.25) is 5.89 Å².